The Balaban J connectivity index is 1.39. The highest BCUT2D eigenvalue weighted by Crippen LogP contribution is 2.29. The molecule has 0 radical (unpaired) electrons. The molecule has 1 fully saturated rings. The summed E-state index contributed by atoms with van der Waals surface area (Å²) in [6, 6.07) is 17.7. The largest absolute Gasteiger partial charge is 0.355 e. The van der Waals surface area contributed by atoms with E-state index >= 15 is 0 Å². The van der Waals surface area contributed by atoms with E-state index in [0.29, 0.717) is 18.9 Å². The van der Waals surface area contributed by atoms with Crippen LogP contribution in [0, 0.1) is 5.92 Å². The molecule has 1 saturated heterocycles. The first kappa shape index (κ1) is 16.3. The summed E-state index contributed by atoms with van der Waals surface area (Å²) in [6.45, 7) is 0.934. The van der Waals surface area contributed by atoms with E-state index in [1.54, 1.807) is 4.90 Å². The molecule has 0 unspecified atom stereocenters. The van der Waals surface area contributed by atoms with Crippen LogP contribution in [-0.4, -0.2) is 35.1 Å². The van der Waals surface area contributed by atoms with Gasteiger partial charge in [-0.05, 0) is 24.1 Å². The topological polar surface area (TPSA) is 78.1 Å². The van der Waals surface area contributed by atoms with E-state index in [1.807, 2.05) is 54.6 Å². The lowest BCUT2D eigenvalue weighted by atomic mass is 10.1. The molecule has 4 rings (SSSR count). The number of carbonyl (C=O) groups is 2. The number of hydrogen-bond donors (Lipinski definition) is 2. The smallest absolute Gasteiger partial charge is 0.229 e. The Morgan fingerprint density at radius 1 is 1.15 bits per heavy atom. The third-order valence-electron chi connectivity index (χ3n) is 4.76. The fraction of sp³-hybridized carbons (Fsp3) is 0.250. The molecule has 132 valence electrons. The van der Waals surface area contributed by atoms with Gasteiger partial charge in [-0.15, -0.1) is 0 Å². The Morgan fingerprint density at radius 2 is 1.92 bits per heavy atom. The second-order valence-electron chi connectivity index (χ2n) is 6.52. The molecular formula is C20H20N4O2. The molecule has 2 aromatic carbocycles. The number of hydrogen-bond acceptors (Lipinski definition) is 3. The lowest BCUT2D eigenvalue weighted by Crippen LogP contribution is -2.34. The highest BCUT2D eigenvalue weighted by Gasteiger charge is 2.36. The molecule has 26 heavy (non-hydrogen) atoms. The van der Waals surface area contributed by atoms with Crippen LogP contribution < -0.4 is 10.2 Å². The van der Waals surface area contributed by atoms with Crippen molar-refractivity contribution >= 4 is 28.5 Å². The molecule has 1 aliphatic rings. The number of anilines is 1. The number of aromatic amines is 1. The Bertz CT molecular complexity index is 935. The molecule has 2 amide bonds. The molecule has 1 atom stereocenters. The van der Waals surface area contributed by atoms with Crippen LogP contribution in [0.15, 0.2) is 54.6 Å². The summed E-state index contributed by atoms with van der Waals surface area (Å²) in [5.41, 5.74) is 2.06. The molecule has 3 aromatic rings. The maximum atomic E-state index is 12.4. The van der Waals surface area contributed by atoms with Crippen LogP contribution in [0.25, 0.3) is 10.9 Å². The molecule has 0 aliphatic carbocycles. The summed E-state index contributed by atoms with van der Waals surface area (Å²) in [6.07, 6.45) is 0.999. The van der Waals surface area contributed by atoms with E-state index in [-0.39, 0.29) is 24.2 Å². The van der Waals surface area contributed by atoms with Crippen molar-refractivity contribution in [3.8, 4) is 0 Å². The fourth-order valence-corrected chi connectivity index (χ4v) is 3.36. The van der Waals surface area contributed by atoms with Crippen LogP contribution in [0.5, 0.6) is 0 Å². The van der Waals surface area contributed by atoms with Crippen molar-refractivity contribution in [1.29, 1.82) is 0 Å². The van der Waals surface area contributed by atoms with Gasteiger partial charge in [0.1, 0.15) is 0 Å². The highest BCUT2D eigenvalue weighted by molar-refractivity contribution is 6.05. The number of H-pyrrole nitrogens is 1. The molecule has 2 heterocycles. The Morgan fingerprint density at radius 3 is 2.77 bits per heavy atom. The van der Waals surface area contributed by atoms with E-state index in [9.17, 15) is 9.59 Å². The first-order chi connectivity index (χ1) is 12.7. The molecule has 2 N–H and O–H groups in total. The molecule has 6 heteroatoms. The number of amides is 2. The minimum absolute atomic E-state index is 0.0644. The Kier molecular flexibility index (Phi) is 4.39. The molecule has 1 aliphatic heterocycles. The van der Waals surface area contributed by atoms with Crippen molar-refractivity contribution in [2.24, 2.45) is 5.92 Å². The van der Waals surface area contributed by atoms with Crippen LogP contribution in [0.2, 0.25) is 0 Å². The van der Waals surface area contributed by atoms with E-state index in [2.05, 4.69) is 15.5 Å². The minimum Gasteiger partial charge on any atom is -0.355 e. The van der Waals surface area contributed by atoms with Crippen molar-refractivity contribution in [3.05, 3.63) is 60.2 Å². The molecule has 6 nitrogen and oxygen atoms in total. The molecule has 0 bridgehead atoms. The maximum absolute atomic E-state index is 12.4. The van der Waals surface area contributed by atoms with E-state index < -0.39 is 0 Å². The second kappa shape index (κ2) is 7.00. The zero-order valence-corrected chi connectivity index (χ0v) is 14.3. The monoisotopic (exact) mass is 348 g/mol. The lowest BCUT2D eigenvalue weighted by Gasteiger charge is -2.14. The molecule has 0 spiro atoms. The number of benzene rings is 2. The number of carbonyl (C=O) groups excluding carboxylic acids is 2. The van der Waals surface area contributed by atoms with Gasteiger partial charge in [0.2, 0.25) is 11.8 Å². The first-order valence-corrected chi connectivity index (χ1v) is 8.77. The molecule has 1 aromatic heterocycles. The van der Waals surface area contributed by atoms with Crippen LogP contribution in [0.1, 0.15) is 12.0 Å². The lowest BCUT2D eigenvalue weighted by molar-refractivity contribution is -0.126. The Hall–Kier alpha value is -3.15. The minimum atomic E-state index is -0.339. The summed E-state index contributed by atoms with van der Waals surface area (Å²) in [5.74, 6) is 0.126. The summed E-state index contributed by atoms with van der Waals surface area (Å²) < 4.78 is 0. The summed E-state index contributed by atoms with van der Waals surface area (Å²) >= 11 is 0. The average molecular weight is 348 g/mol. The van der Waals surface area contributed by atoms with E-state index in [4.69, 9.17) is 0 Å². The van der Waals surface area contributed by atoms with Crippen molar-refractivity contribution in [3.63, 3.8) is 0 Å². The third-order valence-corrected chi connectivity index (χ3v) is 4.76. The fourth-order valence-electron chi connectivity index (χ4n) is 3.36. The number of nitrogens with one attached hydrogen (secondary N) is 2. The van der Waals surface area contributed by atoms with Gasteiger partial charge in [0.05, 0.1) is 11.4 Å². The predicted octanol–water partition coefficient (Wildman–Crippen LogP) is 2.27. The number of aromatic nitrogens is 2. The van der Waals surface area contributed by atoms with E-state index in [1.165, 1.54) is 5.56 Å². The molecule has 0 saturated carbocycles. The standard InChI is InChI=1S/C20H20N4O2/c25-18-12-15(20(26)21-11-10-14-6-2-1-3-7-14)13-24(18)19-16-8-4-5-9-17(16)22-23-19/h1-9,15H,10-13H2,(H,21,26)(H,22,23)/t15-/m1/s1. The second-order valence-corrected chi connectivity index (χ2v) is 6.52. The number of nitrogens with zero attached hydrogens (tertiary/aromatic N) is 2. The van der Waals surface area contributed by atoms with Crippen molar-refractivity contribution in [1.82, 2.24) is 15.5 Å². The van der Waals surface area contributed by atoms with Gasteiger partial charge in [-0.3, -0.25) is 19.6 Å². The van der Waals surface area contributed by atoms with Crippen LogP contribution in [0.4, 0.5) is 5.82 Å². The third kappa shape index (κ3) is 3.18. The van der Waals surface area contributed by atoms with E-state index in [0.717, 1.165) is 17.3 Å². The van der Waals surface area contributed by atoms with Crippen LogP contribution >= 0.6 is 0 Å². The molecular weight excluding hydrogens is 328 g/mol. The van der Waals surface area contributed by atoms with Crippen molar-refractivity contribution in [2.45, 2.75) is 12.8 Å². The average Bonchev–Trinajstić information content (AvgIpc) is 3.26. The van der Waals surface area contributed by atoms with Gasteiger partial charge < -0.3 is 5.32 Å². The maximum Gasteiger partial charge on any atom is 0.229 e. The normalized spacial score (nSPS) is 17.0. The SMILES string of the molecule is O=C(NCCc1ccccc1)[C@@H]1CC(=O)N(c2n[nH]c3ccccc23)C1. The first-order valence-electron chi connectivity index (χ1n) is 8.77. The number of para-hydroxylation sites is 1. The summed E-state index contributed by atoms with van der Waals surface area (Å²) in [5, 5.41) is 11.1. The zero-order valence-electron chi connectivity index (χ0n) is 14.3. The van der Waals surface area contributed by atoms with Gasteiger partial charge in [0.15, 0.2) is 5.82 Å². The quantitative estimate of drug-likeness (QED) is 0.742. The van der Waals surface area contributed by atoms with Gasteiger partial charge >= 0.3 is 0 Å². The van der Waals surface area contributed by atoms with Gasteiger partial charge in [0.25, 0.3) is 0 Å². The predicted molar refractivity (Wildman–Crippen MR) is 99.7 cm³/mol. The van der Waals surface area contributed by atoms with Gasteiger partial charge in [0, 0.05) is 24.9 Å². The summed E-state index contributed by atoms with van der Waals surface area (Å²) in [4.78, 5) is 26.5. The number of fused-ring (bicyclic) bond motifs is 1. The highest BCUT2D eigenvalue weighted by atomic mass is 16.2. The zero-order chi connectivity index (χ0) is 17.9. The van der Waals surface area contributed by atoms with Crippen LogP contribution in [-0.2, 0) is 16.0 Å². The van der Waals surface area contributed by atoms with Crippen molar-refractivity contribution < 1.29 is 9.59 Å². The number of rotatable bonds is 5. The van der Waals surface area contributed by atoms with Crippen molar-refractivity contribution in [2.75, 3.05) is 18.0 Å². The van der Waals surface area contributed by atoms with Gasteiger partial charge in [-0.2, -0.15) is 5.10 Å². The Labute approximate surface area is 151 Å². The van der Waals surface area contributed by atoms with Crippen LogP contribution in [0.3, 0.4) is 0 Å². The van der Waals surface area contributed by atoms with Gasteiger partial charge in [-0.25, -0.2) is 0 Å². The summed E-state index contributed by atoms with van der Waals surface area (Å²) in [7, 11) is 0. The van der Waals surface area contributed by atoms with Gasteiger partial charge in [-0.1, -0.05) is 42.5 Å².